The van der Waals surface area contributed by atoms with Crippen LogP contribution in [0.2, 0.25) is 0 Å². The summed E-state index contributed by atoms with van der Waals surface area (Å²) in [5.41, 5.74) is 0.364. The number of benzene rings is 1. The number of amides is 1. The minimum Gasteiger partial charge on any atom is -0.467 e. The van der Waals surface area contributed by atoms with Crippen molar-refractivity contribution in [1.29, 1.82) is 0 Å². The number of halogens is 1. The first kappa shape index (κ1) is 11.7. The normalized spacial score (nSPS) is 10.2. The van der Waals surface area contributed by atoms with Crippen LogP contribution in [0.3, 0.4) is 0 Å². The van der Waals surface area contributed by atoms with Crippen LogP contribution in [0, 0.1) is 5.82 Å². The maximum atomic E-state index is 12.9. The van der Waals surface area contributed by atoms with Gasteiger partial charge in [-0.25, -0.2) is 4.39 Å². The van der Waals surface area contributed by atoms with Crippen molar-refractivity contribution in [3.8, 4) is 0 Å². The third-order valence-electron chi connectivity index (χ3n) is 2.21. The molecule has 3 nitrogen and oxygen atoms in total. The molecule has 0 saturated carbocycles. The van der Waals surface area contributed by atoms with E-state index in [-0.39, 0.29) is 10.8 Å². The minimum absolute atomic E-state index is 0.149. The molecule has 0 fully saturated rings. The molecule has 1 N–H and O–H groups in total. The lowest BCUT2D eigenvalue weighted by Gasteiger charge is -2.04. The summed E-state index contributed by atoms with van der Waals surface area (Å²) in [6, 6.07) is 7.51. The Morgan fingerprint density at radius 2 is 2.24 bits per heavy atom. The van der Waals surface area contributed by atoms with Gasteiger partial charge in [0.05, 0.1) is 12.8 Å². The zero-order valence-electron chi connectivity index (χ0n) is 8.81. The predicted octanol–water partition coefficient (Wildman–Crippen LogP) is 2.64. The van der Waals surface area contributed by atoms with E-state index >= 15 is 0 Å². The molecule has 88 valence electrons. The van der Waals surface area contributed by atoms with Crippen LogP contribution in [-0.2, 0) is 6.54 Å². The molecule has 0 unspecified atom stereocenters. The quantitative estimate of drug-likeness (QED) is 0.823. The Balaban J connectivity index is 2.02. The standard InChI is InChI=1S/C12H10FNO2S/c13-10-4-3-8(6-11(10)17)12(15)14-7-9-2-1-5-16-9/h1-6,17H,7H2,(H,14,15). The molecule has 1 heterocycles. The van der Waals surface area contributed by atoms with Crippen molar-refractivity contribution < 1.29 is 13.6 Å². The van der Waals surface area contributed by atoms with Gasteiger partial charge >= 0.3 is 0 Å². The van der Waals surface area contributed by atoms with E-state index in [1.54, 1.807) is 12.1 Å². The minimum atomic E-state index is -0.448. The molecule has 2 rings (SSSR count). The lowest BCUT2D eigenvalue weighted by molar-refractivity contribution is 0.0947. The lowest BCUT2D eigenvalue weighted by atomic mass is 10.2. The van der Waals surface area contributed by atoms with Crippen LogP contribution >= 0.6 is 12.6 Å². The molecule has 0 bridgehead atoms. The van der Waals surface area contributed by atoms with Crippen LogP contribution in [0.15, 0.2) is 45.9 Å². The Morgan fingerprint density at radius 1 is 1.41 bits per heavy atom. The molecule has 0 aliphatic carbocycles. The van der Waals surface area contributed by atoms with E-state index in [1.165, 1.54) is 24.5 Å². The van der Waals surface area contributed by atoms with Gasteiger partial charge in [-0.15, -0.1) is 12.6 Å². The Kier molecular flexibility index (Phi) is 3.49. The average Bonchev–Trinajstić information content (AvgIpc) is 2.82. The zero-order chi connectivity index (χ0) is 12.3. The Labute approximate surface area is 103 Å². The highest BCUT2D eigenvalue weighted by Crippen LogP contribution is 2.14. The predicted molar refractivity (Wildman–Crippen MR) is 63.5 cm³/mol. The van der Waals surface area contributed by atoms with Gasteiger partial charge in [0.1, 0.15) is 11.6 Å². The van der Waals surface area contributed by atoms with Crippen molar-refractivity contribution in [1.82, 2.24) is 5.32 Å². The van der Waals surface area contributed by atoms with Crippen molar-refractivity contribution in [3.05, 3.63) is 53.7 Å². The molecule has 2 aromatic rings. The highest BCUT2D eigenvalue weighted by Gasteiger charge is 2.08. The third-order valence-corrected chi connectivity index (χ3v) is 2.55. The molecule has 0 saturated heterocycles. The van der Waals surface area contributed by atoms with Gasteiger partial charge in [-0.1, -0.05) is 0 Å². The second-order valence-electron chi connectivity index (χ2n) is 3.43. The van der Waals surface area contributed by atoms with Crippen LogP contribution in [0.1, 0.15) is 16.1 Å². The fourth-order valence-corrected chi connectivity index (χ4v) is 1.55. The summed E-state index contributed by atoms with van der Waals surface area (Å²) in [7, 11) is 0. The number of hydrogen-bond donors (Lipinski definition) is 2. The van der Waals surface area contributed by atoms with Crippen molar-refractivity contribution in [3.63, 3.8) is 0 Å². The highest BCUT2D eigenvalue weighted by molar-refractivity contribution is 7.80. The number of furan rings is 1. The highest BCUT2D eigenvalue weighted by atomic mass is 32.1. The third kappa shape index (κ3) is 2.88. The number of thiol groups is 1. The van der Waals surface area contributed by atoms with E-state index < -0.39 is 5.82 Å². The topological polar surface area (TPSA) is 42.2 Å². The monoisotopic (exact) mass is 251 g/mol. The van der Waals surface area contributed by atoms with E-state index in [4.69, 9.17) is 4.42 Å². The molecule has 0 aliphatic rings. The molecular weight excluding hydrogens is 241 g/mol. The number of hydrogen-bond acceptors (Lipinski definition) is 3. The van der Waals surface area contributed by atoms with Crippen LogP contribution < -0.4 is 5.32 Å². The molecule has 5 heteroatoms. The Morgan fingerprint density at radius 3 is 2.88 bits per heavy atom. The molecule has 0 radical (unpaired) electrons. The zero-order valence-corrected chi connectivity index (χ0v) is 9.71. The van der Waals surface area contributed by atoms with Crippen LogP contribution in [0.5, 0.6) is 0 Å². The summed E-state index contributed by atoms with van der Waals surface area (Å²) in [4.78, 5) is 11.8. The van der Waals surface area contributed by atoms with Crippen molar-refractivity contribution >= 4 is 18.5 Å². The molecule has 17 heavy (non-hydrogen) atoms. The molecule has 1 amide bonds. The first-order valence-corrected chi connectivity index (χ1v) is 5.40. The van der Waals surface area contributed by atoms with E-state index in [1.807, 2.05) is 0 Å². The summed E-state index contributed by atoms with van der Waals surface area (Å²) < 4.78 is 18.0. The van der Waals surface area contributed by atoms with Gasteiger partial charge in [0.15, 0.2) is 0 Å². The van der Waals surface area contributed by atoms with E-state index in [9.17, 15) is 9.18 Å². The van der Waals surface area contributed by atoms with E-state index in [0.717, 1.165) is 0 Å². The average molecular weight is 251 g/mol. The van der Waals surface area contributed by atoms with Gasteiger partial charge in [0, 0.05) is 10.5 Å². The summed E-state index contributed by atoms with van der Waals surface area (Å²) in [6.07, 6.45) is 1.53. The summed E-state index contributed by atoms with van der Waals surface area (Å²) >= 11 is 3.92. The van der Waals surface area contributed by atoms with E-state index in [0.29, 0.717) is 17.9 Å². The maximum absolute atomic E-state index is 12.9. The van der Waals surface area contributed by atoms with Crippen LogP contribution in [0.4, 0.5) is 4.39 Å². The molecule has 1 aromatic carbocycles. The van der Waals surface area contributed by atoms with E-state index in [2.05, 4.69) is 17.9 Å². The Bertz CT molecular complexity index is 525. The van der Waals surface area contributed by atoms with Crippen molar-refractivity contribution in [2.45, 2.75) is 11.4 Å². The van der Waals surface area contributed by atoms with Gasteiger partial charge in [0.2, 0.25) is 0 Å². The van der Waals surface area contributed by atoms with Crippen molar-refractivity contribution in [2.75, 3.05) is 0 Å². The smallest absolute Gasteiger partial charge is 0.251 e. The second-order valence-corrected chi connectivity index (χ2v) is 3.91. The Hall–Kier alpha value is -1.75. The number of carbonyl (C=O) groups excluding carboxylic acids is 1. The van der Waals surface area contributed by atoms with Gasteiger partial charge in [-0.3, -0.25) is 4.79 Å². The van der Waals surface area contributed by atoms with Gasteiger partial charge < -0.3 is 9.73 Å². The first-order chi connectivity index (χ1) is 8.16. The van der Waals surface area contributed by atoms with Gasteiger partial charge in [0.25, 0.3) is 5.91 Å². The largest absolute Gasteiger partial charge is 0.467 e. The SMILES string of the molecule is O=C(NCc1ccco1)c1ccc(F)c(S)c1. The van der Waals surface area contributed by atoms with Crippen LogP contribution in [-0.4, -0.2) is 5.91 Å². The summed E-state index contributed by atoms with van der Waals surface area (Å²) in [5, 5.41) is 2.66. The molecule has 0 spiro atoms. The second kappa shape index (κ2) is 5.05. The summed E-state index contributed by atoms with van der Waals surface area (Å²) in [5.74, 6) is -0.0841. The number of carbonyl (C=O) groups is 1. The van der Waals surface area contributed by atoms with Crippen LogP contribution in [0.25, 0.3) is 0 Å². The van der Waals surface area contributed by atoms with Gasteiger partial charge in [-0.05, 0) is 30.3 Å². The summed E-state index contributed by atoms with van der Waals surface area (Å²) in [6.45, 7) is 0.297. The molecular formula is C12H10FNO2S. The van der Waals surface area contributed by atoms with Crippen molar-refractivity contribution in [2.24, 2.45) is 0 Å². The fraction of sp³-hybridized carbons (Fsp3) is 0.0833. The fourth-order valence-electron chi connectivity index (χ4n) is 1.34. The number of nitrogens with one attached hydrogen (secondary N) is 1. The molecule has 0 atom stereocenters. The van der Waals surface area contributed by atoms with Gasteiger partial charge in [-0.2, -0.15) is 0 Å². The first-order valence-electron chi connectivity index (χ1n) is 4.96. The molecule has 0 aliphatic heterocycles. The lowest BCUT2D eigenvalue weighted by Crippen LogP contribution is -2.22. The number of rotatable bonds is 3. The maximum Gasteiger partial charge on any atom is 0.251 e. The molecule has 1 aromatic heterocycles.